The van der Waals surface area contributed by atoms with Crippen LogP contribution in [0.2, 0.25) is 0 Å². The van der Waals surface area contributed by atoms with Crippen LogP contribution in [0.1, 0.15) is 0 Å². The van der Waals surface area contributed by atoms with E-state index in [1.54, 1.807) is 0 Å². The molecule has 0 spiro atoms. The summed E-state index contributed by atoms with van der Waals surface area (Å²) in [5.41, 5.74) is 0. The van der Waals surface area contributed by atoms with Gasteiger partial charge in [-0.05, 0) is 0 Å². The van der Waals surface area contributed by atoms with Gasteiger partial charge in [0.2, 0.25) is 0 Å². The van der Waals surface area contributed by atoms with E-state index in [0.717, 1.165) is 0 Å². The number of rotatable bonds is 0. The summed E-state index contributed by atoms with van der Waals surface area (Å²) >= 11 is 0. The van der Waals surface area contributed by atoms with E-state index in [-0.39, 0.29) is 27.9 Å². The smallest absolute Gasteiger partial charge is 0.402 e. The minimum atomic E-state index is -2.17. The van der Waals surface area contributed by atoms with Crippen molar-refractivity contribution >= 4 is 15.7 Å². The summed E-state index contributed by atoms with van der Waals surface area (Å²) in [5.74, 6) is 0. The molecular formula is H3B2O3Zn. The van der Waals surface area contributed by atoms with E-state index in [2.05, 4.69) is 0 Å². The van der Waals surface area contributed by atoms with E-state index in [0.29, 0.717) is 0 Å². The Kier molecular flexibility index (Phi) is 24.3. The number of hydrogen-bond donors (Lipinski definition) is 3. The Labute approximate surface area is 50.9 Å². The largest absolute Gasteiger partial charge is 0.631 e. The first kappa shape index (κ1) is 15.9. The van der Waals surface area contributed by atoms with Gasteiger partial charge in [-0.3, -0.25) is 0 Å². The zero-order chi connectivity index (χ0) is 3.58. The number of hydrogen-bond acceptors (Lipinski definition) is 3. The summed E-state index contributed by atoms with van der Waals surface area (Å²) in [6, 6.07) is 0. The molecule has 6 heteroatoms. The molecule has 29 valence electrons. The molecule has 0 rings (SSSR count). The van der Waals surface area contributed by atoms with Crippen molar-refractivity contribution in [2.45, 2.75) is 0 Å². The average Bonchev–Trinajstić information content (AvgIpc) is 0.811. The van der Waals surface area contributed by atoms with Crippen LogP contribution in [0.4, 0.5) is 0 Å². The fraction of sp³-hybridized carbons (Fsp3) is 0. The van der Waals surface area contributed by atoms with Gasteiger partial charge in [-0.2, -0.15) is 0 Å². The summed E-state index contributed by atoms with van der Waals surface area (Å²) in [6.07, 6.45) is 0. The zero-order valence-electron chi connectivity index (χ0n) is 3.20. The van der Waals surface area contributed by atoms with Gasteiger partial charge in [-0.15, -0.1) is 0 Å². The summed E-state index contributed by atoms with van der Waals surface area (Å²) in [4.78, 5) is 0. The van der Waals surface area contributed by atoms with Gasteiger partial charge in [0.25, 0.3) is 0 Å². The van der Waals surface area contributed by atoms with Gasteiger partial charge in [0, 0.05) is 27.9 Å². The van der Waals surface area contributed by atoms with Gasteiger partial charge >= 0.3 is 7.32 Å². The molecule has 0 atom stereocenters. The van der Waals surface area contributed by atoms with Crippen molar-refractivity contribution in [1.29, 1.82) is 0 Å². The molecule has 0 aliphatic rings. The molecule has 0 saturated carbocycles. The third kappa shape index (κ3) is 153. The topological polar surface area (TPSA) is 60.7 Å². The molecule has 6 heavy (non-hydrogen) atoms. The van der Waals surface area contributed by atoms with Crippen LogP contribution >= 0.6 is 0 Å². The van der Waals surface area contributed by atoms with Crippen molar-refractivity contribution in [3.63, 3.8) is 0 Å². The fourth-order valence-corrected chi connectivity index (χ4v) is 0. The maximum absolute atomic E-state index is 7.17. The molecule has 0 aliphatic carbocycles. The monoisotopic (exact) mass is 137 g/mol. The van der Waals surface area contributed by atoms with Crippen molar-refractivity contribution in [2.24, 2.45) is 0 Å². The van der Waals surface area contributed by atoms with Crippen LogP contribution in [0.5, 0.6) is 0 Å². The minimum absolute atomic E-state index is 0. The van der Waals surface area contributed by atoms with E-state index in [4.69, 9.17) is 15.1 Å². The zero-order valence-corrected chi connectivity index (χ0v) is 6.17. The Morgan fingerprint density at radius 3 is 1.00 bits per heavy atom. The van der Waals surface area contributed by atoms with Crippen LogP contribution < -0.4 is 0 Å². The van der Waals surface area contributed by atoms with Crippen LogP contribution in [0, 0.1) is 0 Å². The maximum Gasteiger partial charge on any atom is 0.631 e. The molecule has 0 amide bonds. The molecule has 0 aromatic carbocycles. The Hall–Kier alpha value is 0.633. The van der Waals surface area contributed by atoms with Crippen LogP contribution in [-0.2, 0) is 19.5 Å². The van der Waals surface area contributed by atoms with Crippen LogP contribution in [0.15, 0.2) is 0 Å². The van der Waals surface area contributed by atoms with Crippen molar-refractivity contribution in [1.82, 2.24) is 0 Å². The van der Waals surface area contributed by atoms with Crippen LogP contribution in [-0.4, -0.2) is 30.8 Å². The summed E-state index contributed by atoms with van der Waals surface area (Å²) < 4.78 is 0. The van der Waals surface area contributed by atoms with Gasteiger partial charge in [0.05, 0.1) is 0 Å². The van der Waals surface area contributed by atoms with Crippen molar-refractivity contribution in [2.75, 3.05) is 0 Å². The van der Waals surface area contributed by atoms with Crippen LogP contribution in [0.3, 0.4) is 0 Å². The molecule has 0 unspecified atom stereocenters. The molecule has 0 aliphatic heterocycles. The second-order valence-electron chi connectivity index (χ2n) is 0.346. The predicted octanol–water partition coefficient (Wildman–Crippen LogP) is -2.44. The molecule has 3 N–H and O–H groups in total. The van der Waals surface area contributed by atoms with Gasteiger partial charge < -0.3 is 15.1 Å². The molecule has 0 aromatic heterocycles. The predicted molar refractivity (Wildman–Crippen MR) is 18.2 cm³/mol. The molecular weight excluding hydrogens is 135 g/mol. The molecule has 0 aromatic rings. The molecule has 3 radical (unpaired) electrons. The third-order valence-electron chi connectivity index (χ3n) is 0. The summed E-state index contributed by atoms with van der Waals surface area (Å²) in [6.45, 7) is 0. The van der Waals surface area contributed by atoms with E-state index in [1.165, 1.54) is 0 Å². The average molecular weight is 138 g/mol. The van der Waals surface area contributed by atoms with Gasteiger partial charge in [0.15, 0.2) is 0 Å². The molecule has 0 bridgehead atoms. The normalized spacial score (nSPS) is 4.50. The minimum Gasteiger partial charge on any atom is -0.402 e. The quantitative estimate of drug-likeness (QED) is 0.326. The van der Waals surface area contributed by atoms with Crippen molar-refractivity contribution in [3.05, 3.63) is 0 Å². The first-order valence-corrected chi connectivity index (χ1v) is 0.775. The van der Waals surface area contributed by atoms with Crippen molar-refractivity contribution < 1.29 is 34.6 Å². The maximum atomic E-state index is 7.17. The van der Waals surface area contributed by atoms with Gasteiger partial charge in [-0.1, -0.05) is 0 Å². The Bertz CT molecular complexity index is 13.5. The van der Waals surface area contributed by atoms with E-state index in [1.807, 2.05) is 0 Å². The second-order valence-corrected chi connectivity index (χ2v) is 0.346. The molecule has 0 saturated heterocycles. The summed E-state index contributed by atoms with van der Waals surface area (Å²) in [7, 11) is -2.17. The molecule has 0 fully saturated rings. The Morgan fingerprint density at radius 2 is 1.00 bits per heavy atom. The Morgan fingerprint density at radius 1 is 1.00 bits per heavy atom. The second kappa shape index (κ2) is 9.16. The third-order valence-corrected chi connectivity index (χ3v) is 0. The molecule has 3 nitrogen and oxygen atoms in total. The van der Waals surface area contributed by atoms with E-state index < -0.39 is 7.32 Å². The molecule has 0 heterocycles. The first-order chi connectivity index (χ1) is 1.73. The van der Waals surface area contributed by atoms with Crippen LogP contribution in [0.25, 0.3) is 0 Å². The van der Waals surface area contributed by atoms with E-state index in [9.17, 15) is 0 Å². The standard InChI is InChI=1S/BH3O3.B.Zn/c2-1(3)4;;/h2-4H;;. The Balaban J connectivity index is -0.0000000450. The van der Waals surface area contributed by atoms with Gasteiger partial charge in [-0.25, -0.2) is 0 Å². The SMILES string of the molecule is OB(O)O.[B].[Zn]. The first-order valence-electron chi connectivity index (χ1n) is 0.775. The van der Waals surface area contributed by atoms with Gasteiger partial charge in [0.1, 0.15) is 0 Å². The van der Waals surface area contributed by atoms with E-state index >= 15 is 0 Å². The fourth-order valence-electron chi connectivity index (χ4n) is 0. The summed E-state index contributed by atoms with van der Waals surface area (Å²) in [5, 5.41) is 21.5. The van der Waals surface area contributed by atoms with Crippen molar-refractivity contribution in [3.8, 4) is 0 Å².